The molecule has 2 aliphatic rings. The first-order chi connectivity index (χ1) is 18.3. The van der Waals surface area contributed by atoms with Crippen LogP contribution in [0.15, 0.2) is 59.5 Å². The maximum absolute atomic E-state index is 12.9. The van der Waals surface area contributed by atoms with Crippen LogP contribution < -0.4 is 20.1 Å². The molecule has 8 nitrogen and oxygen atoms in total. The van der Waals surface area contributed by atoms with Gasteiger partial charge in [-0.05, 0) is 109 Å². The molecule has 3 aromatic rings. The first kappa shape index (κ1) is 25.8. The predicted octanol–water partition coefficient (Wildman–Crippen LogP) is 4.16. The second kappa shape index (κ2) is 10.9. The van der Waals surface area contributed by atoms with E-state index in [-0.39, 0.29) is 10.8 Å². The average Bonchev–Trinajstić information content (AvgIpc) is 3.58. The van der Waals surface area contributed by atoms with Crippen LogP contribution in [0.4, 0.5) is 10.5 Å². The molecule has 0 fully saturated rings. The van der Waals surface area contributed by atoms with Crippen molar-refractivity contribution in [1.82, 2.24) is 10.0 Å². The fourth-order valence-corrected chi connectivity index (χ4v) is 6.19. The van der Waals surface area contributed by atoms with Crippen LogP contribution in [0.5, 0.6) is 5.75 Å². The van der Waals surface area contributed by atoms with E-state index in [2.05, 4.69) is 21.4 Å². The summed E-state index contributed by atoms with van der Waals surface area (Å²) in [5.41, 5.74) is 7.00. The van der Waals surface area contributed by atoms with Gasteiger partial charge in [0.05, 0.1) is 12.0 Å². The zero-order valence-electron chi connectivity index (χ0n) is 21.3. The Balaban J connectivity index is 1.17. The van der Waals surface area contributed by atoms with E-state index in [1.165, 1.54) is 23.3 Å². The molecule has 0 radical (unpaired) electrons. The van der Waals surface area contributed by atoms with Crippen molar-refractivity contribution in [3.8, 4) is 5.75 Å². The summed E-state index contributed by atoms with van der Waals surface area (Å²) in [4.78, 5) is 25.1. The zero-order chi connectivity index (χ0) is 26.7. The lowest BCUT2D eigenvalue weighted by Crippen LogP contribution is -2.35. The van der Waals surface area contributed by atoms with Crippen LogP contribution in [0.1, 0.15) is 51.0 Å². The van der Waals surface area contributed by atoms with Crippen LogP contribution in [0.25, 0.3) is 0 Å². The van der Waals surface area contributed by atoms with Crippen LogP contribution >= 0.6 is 0 Å². The number of fused-ring (bicyclic) bond motifs is 2. The Kier molecular flexibility index (Phi) is 7.37. The van der Waals surface area contributed by atoms with Crippen LogP contribution in [0.3, 0.4) is 0 Å². The number of amides is 3. The summed E-state index contributed by atoms with van der Waals surface area (Å²) in [6.07, 6.45) is 6.40. The van der Waals surface area contributed by atoms with Crippen LogP contribution in [-0.4, -0.2) is 34.0 Å². The number of hydrogen-bond donors (Lipinski definition) is 3. The topological polar surface area (TPSA) is 114 Å². The van der Waals surface area contributed by atoms with E-state index >= 15 is 0 Å². The van der Waals surface area contributed by atoms with Gasteiger partial charge in [-0.1, -0.05) is 18.2 Å². The minimum Gasteiger partial charge on any atom is -0.497 e. The summed E-state index contributed by atoms with van der Waals surface area (Å²) in [6, 6.07) is 14.6. The van der Waals surface area contributed by atoms with Crippen LogP contribution in [-0.2, 0) is 42.1 Å². The summed E-state index contributed by atoms with van der Waals surface area (Å²) in [5.74, 6) is 0.479. The lowest BCUT2D eigenvalue weighted by molar-refractivity contribution is 0.0954. The van der Waals surface area contributed by atoms with E-state index in [0.29, 0.717) is 24.3 Å². The second-order valence-electron chi connectivity index (χ2n) is 9.67. The highest BCUT2D eigenvalue weighted by Crippen LogP contribution is 2.38. The Morgan fingerprint density at radius 2 is 1.50 bits per heavy atom. The molecule has 198 valence electrons. The first-order valence-corrected chi connectivity index (χ1v) is 14.3. The smallest absolute Gasteiger partial charge is 0.333 e. The number of carbonyl (C=O) groups is 2. The summed E-state index contributed by atoms with van der Waals surface area (Å²) < 4.78 is 33.0. The standard InChI is InChI=1S/C29H31N3O5S/c1-37-23-12-10-20(11-13-23)28(33)30-17-16-19-8-14-24(15-9-19)38(35,36)32-29(34)31-27-25-6-2-4-21(25)18-22-5-3-7-26(22)27/h8-15,18H,2-7,16-17H2,1H3,(H,30,33)(H2,31,32,34). The number of ether oxygens (including phenoxy) is 1. The van der Waals surface area contributed by atoms with E-state index in [0.717, 1.165) is 60.9 Å². The van der Waals surface area contributed by atoms with Crippen molar-refractivity contribution in [3.63, 3.8) is 0 Å². The number of hydrogen-bond acceptors (Lipinski definition) is 5. The van der Waals surface area contributed by atoms with Gasteiger partial charge in [-0.2, -0.15) is 0 Å². The number of carbonyl (C=O) groups excluding carboxylic acids is 2. The molecule has 3 N–H and O–H groups in total. The van der Waals surface area contributed by atoms with E-state index in [1.54, 1.807) is 43.5 Å². The molecule has 0 saturated carbocycles. The lowest BCUT2D eigenvalue weighted by atomic mass is 9.99. The van der Waals surface area contributed by atoms with Gasteiger partial charge in [0.1, 0.15) is 5.75 Å². The average molecular weight is 534 g/mol. The molecule has 0 atom stereocenters. The van der Waals surface area contributed by atoms with Gasteiger partial charge in [0, 0.05) is 17.8 Å². The molecule has 2 aliphatic carbocycles. The van der Waals surface area contributed by atoms with E-state index in [4.69, 9.17) is 4.74 Å². The molecule has 38 heavy (non-hydrogen) atoms. The number of sulfonamides is 1. The zero-order valence-corrected chi connectivity index (χ0v) is 22.1. The quantitative estimate of drug-likeness (QED) is 0.403. The summed E-state index contributed by atoms with van der Waals surface area (Å²) >= 11 is 0. The Labute approximate surface area is 222 Å². The third-order valence-electron chi connectivity index (χ3n) is 7.22. The molecule has 3 aromatic carbocycles. The van der Waals surface area contributed by atoms with Gasteiger partial charge in [-0.15, -0.1) is 0 Å². The molecule has 3 amide bonds. The maximum Gasteiger partial charge on any atom is 0.333 e. The predicted molar refractivity (Wildman–Crippen MR) is 145 cm³/mol. The molecule has 0 unspecified atom stereocenters. The van der Waals surface area contributed by atoms with Crippen LogP contribution in [0, 0.1) is 0 Å². The molecule has 0 heterocycles. The fourth-order valence-electron chi connectivity index (χ4n) is 5.29. The number of anilines is 1. The Hall–Kier alpha value is -3.85. The van der Waals surface area contributed by atoms with E-state index in [9.17, 15) is 18.0 Å². The molecule has 0 spiro atoms. The van der Waals surface area contributed by atoms with Gasteiger partial charge in [-0.3, -0.25) is 4.79 Å². The summed E-state index contributed by atoms with van der Waals surface area (Å²) in [5, 5.41) is 5.71. The van der Waals surface area contributed by atoms with Crippen LogP contribution in [0.2, 0.25) is 0 Å². The first-order valence-electron chi connectivity index (χ1n) is 12.9. The molecular formula is C29H31N3O5S. The van der Waals surface area contributed by atoms with Crippen molar-refractivity contribution in [2.75, 3.05) is 19.0 Å². The molecule has 5 rings (SSSR count). The van der Waals surface area contributed by atoms with Gasteiger partial charge in [0.15, 0.2) is 0 Å². The van der Waals surface area contributed by atoms with Crippen molar-refractivity contribution >= 4 is 27.6 Å². The highest BCUT2D eigenvalue weighted by atomic mass is 32.2. The molecule has 9 heteroatoms. The minimum absolute atomic E-state index is 0.00203. The van der Waals surface area contributed by atoms with Gasteiger partial charge in [-0.25, -0.2) is 17.9 Å². The SMILES string of the molecule is COc1ccc(C(=O)NCCc2ccc(S(=O)(=O)NC(=O)Nc3c4c(cc5c3CCC5)CCC4)cc2)cc1. The molecule has 0 aliphatic heterocycles. The number of benzene rings is 3. The van der Waals surface area contributed by atoms with Crippen molar-refractivity contribution in [1.29, 1.82) is 0 Å². The van der Waals surface area contributed by atoms with Crippen molar-refractivity contribution < 1.29 is 22.7 Å². The number of aryl methyl sites for hydroxylation is 2. The largest absolute Gasteiger partial charge is 0.497 e. The number of nitrogens with one attached hydrogen (secondary N) is 3. The van der Waals surface area contributed by atoms with Gasteiger partial charge >= 0.3 is 6.03 Å². The molecule has 0 bridgehead atoms. The van der Waals surface area contributed by atoms with Gasteiger partial charge < -0.3 is 15.4 Å². The van der Waals surface area contributed by atoms with Crippen molar-refractivity contribution in [2.45, 2.75) is 49.8 Å². The highest BCUT2D eigenvalue weighted by molar-refractivity contribution is 7.90. The number of rotatable bonds is 8. The van der Waals surface area contributed by atoms with Gasteiger partial charge in [0.2, 0.25) is 0 Å². The third kappa shape index (κ3) is 5.52. The fraction of sp³-hybridized carbons (Fsp3) is 0.310. The Morgan fingerprint density at radius 3 is 2.11 bits per heavy atom. The third-order valence-corrected chi connectivity index (χ3v) is 8.57. The van der Waals surface area contributed by atoms with Crippen molar-refractivity contribution in [3.05, 3.63) is 88.0 Å². The Bertz CT molecular complexity index is 1430. The Morgan fingerprint density at radius 1 is 0.868 bits per heavy atom. The van der Waals surface area contributed by atoms with E-state index in [1.807, 2.05) is 0 Å². The summed E-state index contributed by atoms with van der Waals surface area (Å²) in [7, 11) is -2.48. The van der Waals surface area contributed by atoms with Crippen molar-refractivity contribution in [2.24, 2.45) is 0 Å². The molecular weight excluding hydrogens is 502 g/mol. The molecule has 0 saturated heterocycles. The highest BCUT2D eigenvalue weighted by Gasteiger charge is 2.26. The molecule has 0 aromatic heterocycles. The maximum atomic E-state index is 12.9. The number of urea groups is 1. The monoisotopic (exact) mass is 533 g/mol. The van der Waals surface area contributed by atoms with Gasteiger partial charge in [0.25, 0.3) is 15.9 Å². The minimum atomic E-state index is -4.04. The summed E-state index contributed by atoms with van der Waals surface area (Å²) in [6.45, 7) is 0.392. The normalized spacial score (nSPS) is 13.9. The second-order valence-corrected chi connectivity index (χ2v) is 11.4. The van der Waals surface area contributed by atoms with E-state index < -0.39 is 16.1 Å². The lowest BCUT2D eigenvalue weighted by Gasteiger charge is -2.16. The number of methoxy groups -OCH3 is 1.